The number of rotatable bonds is 10. The van der Waals surface area contributed by atoms with Crippen LogP contribution >= 0.6 is 0 Å². The number of hydrogen-bond acceptors (Lipinski definition) is 4. The van der Waals surface area contributed by atoms with E-state index >= 15 is 0 Å². The first kappa shape index (κ1) is 25.9. The second kappa shape index (κ2) is 12.6. The Hall–Kier alpha value is -3.35. The van der Waals surface area contributed by atoms with Crippen LogP contribution in [0.25, 0.3) is 0 Å². The van der Waals surface area contributed by atoms with Crippen molar-refractivity contribution in [2.75, 3.05) is 6.54 Å². The van der Waals surface area contributed by atoms with Gasteiger partial charge in [-0.05, 0) is 36.5 Å². The molecule has 3 amide bonds. The summed E-state index contributed by atoms with van der Waals surface area (Å²) in [4.78, 5) is 37.7. The lowest BCUT2D eigenvalue weighted by molar-refractivity contribution is -0.124. The highest BCUT2D eigenvalue weighted by Crippen LogP contribution is 2.08. The highest BCUT2D eigenvalue weighted by molar-refractivity contribution is 5.94. The molecule has 0 bridgehead atoms. The van der Waals surface area contributed by atoms with Gasteiger partial charge in [-0.2, -0.15) is 0 Å². The number of carbonyl (C=O) groups excluding carboxylic acids is 3. The number of benzene rings is 2. The highest BCUT2D eigenvalue weighted by atomic mass is 16.5. The fourth-order valence-electron chi connectivity index (χ4n) is 3.16. The topological polar surface area (TPSA) is 96.5 Å². The molecular weight excluding hydrogens is 418 g/mol. The molecule has 0 aromatic heterocycles. The standard InChI is InChI=1S/C26H35N3O4/c1-17(2)22(28-24(30)21-13-11-19(5)12-14-21)15-27-25(31)23(18(3)4)29-26(32)33-16-20-9-7-6-8-10-20/h6-14,17-18,22-23H,15-16H2,1-5H3,(H,27,31)(H,28,30)(H,29,32). The predicted octanol–water partition coefficient (Wildman–Crippen LogP) is 3.82. The van der Waals surface area contributed by atoms with Crippen LogP contribution in [-0.4, -0.2) is 36.5 Å². The molecule has 0 aliphatic rings. The number of amides is 3. The van der Waals surface area contributed by atoms with Crippen LogP contribution in [0.1, 0.15) is 49.2 Å². The number of hydrogen-bond donors (Lipinski definition) is 3. The minimum absolute atomic E-state index is 0.0981. The van der Waals surface area contributed by atoms with E-state index in [-0.39, 0.29) is 42.8 Å². The third-order valence-electron chi connectivity index (χ3n) is 5.37. The van der Waals surface area contributed by atoms with Gasteiger partial charge in [0.1, 0.15) is 12.6 Å². The second-order valence-corrected chi connectivity index (χ2v) is 8.86. The van der Waals surface area contributed by atoms with Crippen LogP contribution in [0.2, 0.25) is 0 Å². The Morgan fingerprint density at radius 1 is 0.848 bits per heavy atom. The molecule has 2 unspecified atom stereocenters. The predicted molar refractivity (Wildman–Crippen MR) is 129 cm³/mol. The van der Waals surface area contributed by atoms with Crippen LogP contribution in [0.15, 0.2) is 54.6 Å². The van der Waals surface area contributed by atoms with Crippen molar-refractivity contribution in [3.8, 4) is 0 Å². The molecule has 7 heteroatoms. The summed E-state index contributed by atoms with van der Waals surface area (Å²) in [5, 5.41) is 8.51. The zero-order valence-corrected chi connectivity index (χ0v) is 20.1. The van der Waals surface area contributed by atoms with Gasteiger partial charge >= 0.3 is 6.09 Å². The van der Waals surface area contributed by atoms with E-state index in [0.29, 0.717) is 5.56 Å². The molecule has 3 N–H and O–H groups in total. The second-order valence-electron chi connectivity index (χ2n) is 8.86. The van der Waals surface area contributed by atoms with Crippen LogP contribution in [0, 0.1) is 18.8 Å². The molecule has 0 saturated heterocycles. The van der Waals surface area contributed by atoms with Crippen molar-refractivity contribution in [3.63, 3.8) is 0 Å². The molecule has 0 saturated carbocycles. The van der Waals surface area contributed by atoms with Crippen LogP contribution in [0.4, 0.5) is 4.79 Å². The van der Waals surface area contributed by atoms with E-state index in [1.54, 1.807) is 12.1 Å². The molecule has 2 aromatic carbocycles. The zero-order chi connectivity index (χ0) is 24.4. The Morgan fingerprint density at radius 2 is 1.48 bits per heavy atom. The summed E-state index contributed by atoms with van der Waals surface area (Å²) in [6, 6.07) is 15.6. The van der Waals surface area contributed by atoms with E-state index in [9.17, 15) is 14.4 Å². The lowest BCUT2D eigenvalue weighted by atomic mass is 10.0. The highest BCUT2D eigenvalue weighted by Gasteiger charge is 2.26. The molecule has 2 atom stereocenters. The van der Waals surface area contributed by atoms with Crippen LogP contribution in [-0.2, 0) is 16.1 Å². The van der Waals surface area contributed by atoms with E-state index < -0.39 is 12.1 Å². The number of ether oxygens (including phenoxy) is 1. The van der Waals surface area contributed by atoms with Crippen molar-refractivity contribution in [3.05, 3.63) is 71.3 Å². The van der Waals surface area contributed by atoms with E-state index in [2.05, 4.69) is 16.0 Å². The zero-order valence-electron chi connectivity index (χ0n) is 20.1. The van der Waals surface area contributed by atoms with Gasteiger partial charge < -0.3 is 20.7 Å². The van der Waals surface area contributed by atoms with Gasteiger partial charge in [-0.3, -0.25) is 9.59 Å². The minimum Gasteiger partial charge on any atom is -0.445 e. The molecule has 0 radical (unpaired) electrons. The smallest absolute Gasteiger partial charge is 0.408 e. The van der Waals surface area contributed by atoms with Crippen LogP contribution < -0.4 is 16.0 Å². The quantitative estimate of drug-likeness (QED) is 0.510. The van der Waals surface area contributed by atoms with Crippen LogP contribution in [0.5, 0.6) is 0 Å². The fraction of sp³-hybridized carbons (Fsp3) is 0.423. The molecule has 0 aliphatic carbocycles. The summed E-state index contributed by atoms with van der Waals surface area (Å²) in [6.45, 7) is 9.99. The average molecular weight is 454 g/mol. The average Bonchev–Trinajstić information content (AvgIpc) is 2.79. The Labute approximate surface area is 196 Å². The summed E-state index contributed by atoms with van der Waals surface area (Å²) in [6.07, 6.45) is -0.652. The molecule has 33 heavy (non-hydrogen) atoms. The van der Waals surface area contributed by atoms with E-state index in [1.165, 1.54) is 0 Å². The monoisotopic (exact) mass is 453 g/mol. The lowest BCUT2D eigenvalue weighted by Gasteiger charge is -2.26. The first-order valence-electron chi connectivity index (χ1n) is 11.3. The Morgan fingerprint density at radius 3 is 2.06 bits per heavy atom. The number of alkyl carbamates (subject to hydrolysis) is 1. The summed E-state index contributed by atoms with van der Waals surface area (Å²) in [5.74, 6) is -0.558. The van der Waals surface area contributed by atoms with Crippen molar-refractivity contribution in [1.82, 2.24) is 16.0 Å². The third kappa shape index (κ3) is 8.60. The van der Waals surface area contributed by atoms with Gasteiger partial charge in [-0.25, -0.2) is 4.79 Å². The lowest BCUT2D eigenvalue weighted by Crippen LogP contribution is -2.53. The molecule has 0 aliphatic heterocycles. The largest absolute Gasteiger partial charge is 0.445 e. The molecule has 7 nitrogen and oxygen atoms in total. The molecule has 178 valence electrons. The van der Waals surface area contributed by atoms with Gasteiger partial charge in [-0.15, -0.1) is 0 Å². The summed E-state index contributed by atoms with van der Waals surface area (Å²) < 4.78 is 5.25. The fourth-order valence-corrected chi connectivity index (χ4v) is 3.16. The van der Waals surface area contributed by atoms with Gasteiger partial charge in [0, 0.05) is 18.2 Å². The number of carbonyl (C=O) groups is 3. The SMILES string of the molecule is Cc1ccc(C(=O)NC(CNC(=O)C(NC(=O)OCc2ccccc2)C(C)C)C(C)C)cc1. The summed E-state index contributed by atoms with van der Waals surface area (Å²) in [5.41, 5.74) is 2.51. The van der Waals surface area contributed by atoms with E-state index in [0.717, 1.165) is 11.1 Å². The Kier molecular flexibility index (Phi) is 9.91. The van der Waals surface area contributed by atoms with Crippen molar-refractivity contribution in [1.29, 1.82) is 0 Å². The molecule has 0 spiro atoms. The summed E-state index contributed by atoms with van der Waals surface area (Å²) >= 11 is 0. The molecular formula is C26H35N3O4. The normalized spacial score (nSPS) is 12.7. The van der Waals surface area contributed by atoms with Crippen molar-refractivity contribution in [2.24, 2.45) is 11.8 Å². The first-order valence-corrected chi connectivity index (χ1v) is 11.3. The van der Waals surface area contributed by atoms with Gasteiger partial charge in [0.25, 0.3) is 5.91 Å². The van der Waals surface area contributed by atoms with Crippen molar-refractivity contribution >= 4 is 17.9 Å². The van der Waals surface area contributed by atoms with E-state index in [4.69, 9.17) is 4.74 Å². The molecule has 0 fully saturated rings. The van der Waals surface area contributed by atoms with Crippen LogP contribution in [0.3, 0.4) is 0 Å². The Balaban J connectivity index is 1.90. The van der Waals surface area contributed by atoms with E-state index in [1.807, 2.05) is 77.1 Å². The number of aryl methyl sites for hydroxylation is 1. The molecule has 2 aromatic rings. The Bertz CT molecular complexity index is 911. The maximum absolute atomic E-state index is 12.8. The minimum atomic E-state index is -0.756. The number of nitrogens with one attached hydrogen (secondary N) is 3. The molecule has 2 rings (SSSR count). The maximum atomic E-state index is 12.8. The first-order chi connectivity index (χ1) is 15.7. The van der Waals surface area contributed by atoms with Gasteiger partial charge in [0.15, 0.2) is 0 Å². The third-order valence-corrected chi connectivity index (χ3v) is 5.37. The van der Waals surface area contributed by atoms with Crippen molar-refractivity contribution < 1.29 is 19.1 Å². The van der Waals surface area contributed by atoms with Gasteiger partial charge in [0.2, 0.25) is 5.91 Å². The van der Waals surface area contributed by atoms with Gasteiger partial charge in [-0.1, -0.05) is 75.7 Å². The van der Waals surface area contributed by atoms with Crippen molar-refractivity contribution in [2.45, 2.75) is 53.3 Å². The maximum Gasteiger partial charge on any atom is 0.408 e. The summed E-state index contributed by atoms with van der Waals surface area (Å²) in [7, 11) is 0. The van der Waals surface area contributed by atoms with Gasteiger partial charge in [0.05, 0.1) is 0 Å². The molecule has 0 heterocycles.